The molecule has 2 heterocycles. The van der Waals surface area contributed by atoms with Gasteiger partial charge in [0.15, 0.2) is 5.96 Å². The van der Waals surface area contributed by atoms with Gasteiger partial charge >= 0.3 is 0 Å². The van der Waals surface area contributed by atoms with Crippen molar-refractivity contribution in [2.24, 2.45) is 4.99 Å². The van der Waals surface area contributed by atoms with Gasteiger partial charge in [0.25, 0.3) is 0 Å². The highest BCUT2D eigenvalue weighted by atomic mass is 127. The highest BCUT2D eigenvalue weighted by molar-refractivity contribution is 14.0. The summed E-state index contributed by atoms with van der Waals surface area (Å²) in [6.45, 7) is 6.29. The first kappa shape index (κ1) is 26.0. The average molecular weight is 575 g/mol. The van der Waals surface area contributed by atoms with Crippen LogP contribution in [0.2, 0.25) is 0 Å². The number of carbonyl (C=O) groups is 2. The smallest absolute Gasteiger partial charge is 0.227 e. The summed E-state index contributed by atoms with van der Waals surface area (Å²) in [5, 5.41) is 6.59. The molecule has 0 unspecified atom stereocenters. The van der Waals surface area contributed by atoms with Crippen LogP contribution in [0.15, 0.2) is 53.5 Å². The van der Waals surface area contributed by atoms with E-state index in [-0.39, 0.29) is 35.8 Å². The molecule has 1 saturated heterocycles. The van der Waals surface area contributed by atoms with Gasteiger partial charge in [-0.2, -0.15) is 0 Å². The monoisotopic (exact) mass is 575 g/mol. The zero-order valence-electron chi connectivity index (χ0n) is 19.8. The summed E-state index contributed by atoms with van der Waals surface area (Å²) in [4.78, 5) is 32.9. The number of hydrogen-bond acceptors (Lipinski definition) is 3. The topological polar surface area (TPSA) is 77.0 Å². The molecule has 34 heavy (non-hydrogen) atoms. The van der Waals surface area contributed by atoms with Crippen molar-refractivity contribution in [2.75, 3.05) is 24.5 Å². The second kappa shape index (κ2) is 12.7. The second-order valence-corrected chi connectivity index (χ2v) is 8.56. The van der Waals surface area contributed by atoms with E-state index < -0.39 is 0 Å². The number of guanidine groups is 1. The highest BCUT2D eigenvalue weighted by Gasteiger charge is 2.22. The van der Waals surface area contributed by atoms with Crippen LogP contribution in [-0.4, -0.2) is 42.3 Å². The summed E-state index contributed by atoms with van der Waals surface area (Å²) in [6.07, 6.45) is 2.85. The van der Waals surface area contributed by atoms with E-state index >= 15 is 0 Å². The van der Waals surface area contributed by atoms with Crippen molar-refractivity contribution in [2.45, 2.75) is 52.2 Å². The molecule has 2 aromatic rings. The zero-order valence-corrected chi connectivity index (χ0v) is 22.1. The summed E-state index contributed by atoms with van der Waals surface area (Å²) >= 11 is 0. The largest absolute Gasteiger partial charge is 0.357 e. The number of benzene rings is 2. The van der Waals surface area contributed by atoms with Gasteiger partial charge in [-0.05, 0) is 48.6 Å². The van der Waals surface area contributed by atoms with E-state index in [9.17, 15) is 9.59 Å². The molecule has 0 spiro atoms. The van der Waals surface area contributed by atoms with Crippen molar-refractivity contribution in [3.8, 4) is 0 Å². The number of nitrogens with one attached hydrogen (secondary N) is 2. The second-order valence-electron chi connectivity index (χ2n) is 8.56. The van der Waals surface area contributed by atoms with E-state index in [2.05, 4.69) is 27.8 Å². The molecule has 0 radical (unpaired) electrons. The fourth-order valence-corrected chi connectivity index (χ4v) is 4.33. The van der Waals surface area contributed by atoms with Crippen LogP contribution < -0.4 is 15.5 Å². The maximum absolute atomic E-state index is 12.6. The van der Waals surface area contributed by atoms with Gasteiger partial charge in [0.2, 0.25) is 11.8 Å². The van der Waals surface area contributed by atoms with Crippen LogP contribution in [-0.2, 0) is 29.2 Å². The van der Waals surface area contributed by atoms with Gasteiger partial charge in [-0.15, -0.1) is 24.0 Å². The van der Waals surface area contributed by atoms with Gasteiger partial charge in [0, 0.05) is 51.3 Å². The number of nitrogens with zero attached hydrogens (tertiary/aromatic N) is 3. The predicted octanol–water partition coefficient (Wildman–Crippen LogP) is 3.81. The molecule has 2 aromatic carbocycles. The number of anilines is 1. The Balaban J connectivity index is 0.00000324. The first-order chi connectivity index (χ1) is 16.1. The summed E-state index contributed by atoms with van der Waals surface area (Å²) in [5.74, 6) is 1.15. The fraction of sp³-hybridized carbons (Fsp3) is 0.423. The Morgan fingerprint density at radius 1 is 1.03 bits per heavy atom. The highest BCUT2D eigenvalue weighted by Crippen LogP contribution is 2.23. The van der Waals surface area contributed by atoms with Gasteiger partial charge < -0.3 is 20.4 Å². The third kappa shape index (κ3) is 6.71. The molecule has 182 valence electrons. The first-order valence-electron chi connectivity index (χ1n) is 11.9. The minimum absolute atomic E-state index is 0. The Labute approximate surface area is 219 Å². The van der Waals surface area contributed by atoms with Crippen molar-refractivity contribution in [1.82, 2.24) is 15.5 Å². The molecule has 2 amide bonds. The number of amides is 2. The van der Waals surface area contributed by atoms with Crippen LogP contribution >= 0.6 is 24.0 Å². The minimum Gasteiger partial charge on any atom is -0.357 e. The molecule has 0 aliphatic carbocycles. The third-order valence-corrected chi connectivity index (χ3v) is 6.14. The Kier molecular flexibility index (Phi) is 9.74. The first-order valence-corrected chi connectivity index (χ1v) is 11.9. The van der Waals surface area contributed by atoms with Gasteiger partial charge in [0.05, 0.1) is 6.54 Å². The Morgan fingerprint density at radius 2 is 1.74 bits per heavy atom. The molecule has 0 bridgehead atoms. The molecule has 0 saturated carbocycles. The van der Waals surface area contributed by atoms with Crippen LogP contribution in [0, 0.1) is 0 Å². The molecule has 8 heteroatoms. The van der Waals surface area contributed by atoms with E-state index in [4.69, 9.17) is 0 Å². The Morgan fingerprint density at radius 3 is 2.35 bits per heavy atom. The van der Waals surface area contributed by atoms with E-state index in [0.29, 0.717) is 25.9 Å². The maximum atomic E-state index is 12.6. The quantitative estimate of drug-likeness (QED) is 0.217. The van der Waals surface area contributed by atoms with Crippen molar-refractivity contribution < 1.29 is 9.59 Å². The molecule has 2 N–H and O–H groups in total. The van der Waals surface area contributed by atoms with Gasteiger partial charge in [-0.1, -0.05) is 36.4 Å². The number of halogens is 1. The molecule has 0 atom stereocenters. The van der Waals surface area contributed by atoms with Gasteiger partial charge in [-0.25, -0.2) is 4.99 Å². The molecular weight excluding hydrogens is 541 g/mol. The Bertz CT molecular complexity index is 984. The molecule has 1 fully saturated rings. The van der Waals surface area contributed by atoms with Crippen LogP contribution in [0.25, 0.3) is 0 Å². The van der Waals surface area contributed by atoms with E-state index in [1.807, 2.05) is 53.1 Å². The van der Waals surface area contributed by atoms with Crippen molar-refractivity contribution in [3.05, 3.63) is 65.2 Å². The molecule has 4 rings (SSSR count). The third-order valence-electron chi connectivity index (χ3n) is 6.14. The maximum Gasteiger partial charge on any atom is 0.227 e. The predicted molar refractivity (Wildman–Crippen MR) is 146 cm³/mol. The Hall–Kier alpha value is -2.62. The summed E-state index contributed by atoms with van der Waals surface area (Å²) < 4.78 is 0. The van der Waals surface area contributed by atoms with Crippen molar-refractivity contribution in [1.29, 1.82) is 0 Å². The molecule has 2 aliphatic rings. The summed E-state index contributed by atoms with van der Waals surface area (Å²) in [5.41, 5.74) is 4.56. The normalized spacial score (nSPS) is 15.2. The number of fused-ring (bicyclic) bond motifs is 1. The van der Waals surface area contributed by atoms with Crippen LogP contribution in [0.3, 0.4) is 0 Å². The van der Waals surface area contributed by atoms with Crippen LogP contribution in [0.5, 0.6) is 0 Å². The van der Waals surface area contributed by atoms with Gasteiger partial charge in [-0.3, -0.25) is 9.59 Å². The van der Waals surface area contributed by atoms with Crippen molar-refractivity contribution in [3.63, 3.8) is 0 Å². The summed E-state index contributed by atoms with van der Waals surface area (Å²) in [7, 11) is 0. The number of aliphatic imine (C=N–C) groups is 1. The van der Waals surface area contributed by atoms with E-state index in [1.165, 1.54) is 11.1 Å². The molecule has 7 nitrogen and oxygen atoms in total. The lowest BCUT2D eigenvalue weighted by molar-refractivity contribution is -0.131. The van der Waals surface area contributed by atoms with E-state index in [0.717, 1.165) is 56.2 Å². The standard InChI is InChI=1S/C26H33N5O2.HI/c1-2-27-26(29-17-20-11-13-23(14-12-20)31-16-6-10-25(31)33)28-15-5-9-24(32)30-18-21-7-3-4-8-22(21)19-30;/h3-4,7-8,11-14H,2,5-6,9-10,15-19H2,1H3,(H2,27,28,29);1H. The number of carbonyl (C=O) groups excluding carboxylic acids is 2. The lowest BCUT2D eigenvalue weighted by atomic mass is 10.1. The number of rotatable bonds is 8. The average Bonchev–Trinajstić information content (AvgIpc) is 3.46. The van der Waals surface area contributed by atoms with E-state index in [1.54, 1.807) is 0 Å². The van der Waals surface area contributed by atoms with Crippen LogP contribution in [0.1, 0.15) is 49.3 Å². The fourth-order valence-electron chi connectivity index (χ4n) is 4.33. The minimum atomic E-state index is 0. The molecular formula is C26H34IN5O2. The lowest BCUT2D eigenvalue weighted by Gasteiger charge is -2.16. The van der Waals surface area contributed by atoms with Crippen molar-refractivity contribution >= 4 is 47.4 Å². The SMILES string of the molecule is CCNC(=NCc1ccc(N2CCCC2=O)cc1)NCCCC(=O)N1Cc2ccccc2C1.I. The lowest BCUT2D eigenvalue weighted by Crippen LogP contribution is -2.38. The zero-order chi connectivity index (χ0) is 23.0. The van der Waals surface area contributed by atoms with Gasteiger partial charge in [0.1, 0.15) is 0 Å². The molecule has 0 aromatic heterocycles. The summed E-state index contributed by atoms with van der Waals surface area (Å²) in [6, 6.07) is 16.3. The van der Waals surface area contributed by atoms with Crippen LogP contribution in [0.4, 0.5) is 5.69 Å². The number of hydrogen-bond donors (Lipinski definition) is 2. The molecule has 2 aliphatic heterocycles.